The maximum absolute atomic E-state index is 3.71. The third-order valence-corrected chi connectivity index (χ3v) is 3.98. The monoisotopic (exact) mass is 254 g/mol. The zero-order valence-electron chi connectivity index (χ0n) is 12.8. The zero-order valence-corrected chi connectivity index (χ0v) is 12.8. The molecule has 18 heavy (non-hydrogen) atoms. The van der Waals surface area contributed by atoms with E-state index in [1.807, 2.05) is 0 Å². The summed E-state index contributed by atoms with van der Waals surface area (Å²) in [7, 11) is 0. The summed E-state index contributed by atoms with van der Waals surface area (Å²) in [6.45, 7) is 10.3. The molecule has 0 aromatic heterocycles. The maximum atomic E-state index is 3.71. The van der Waals surface area contributed by atoms with Gasteiger partial charge in [-0.15, -0.1) is 0 Å². The van der Waals surface area contributed by atoms with Gasteiger partial charge in [-0.1, -0.05) is 46.0 Å². The molecule has 0 aromatic carbocycles. The molecule has 2 heteroatoms. The summed E-state index contributed by atoms with van der Waals surface area (Å²) in [4.78, 5) is 0. The van der Waals surface area contributed by atoms with Crippen LogP contribution in [0.5, 0.6) is 0 Å². The molecule has 1 atom stereocenters. The van der Waals surface area contributed by atoms with Crippen LogP contribution in [0.15, 0.2) is 0 Å². The summed E-state index contributed by atoms with van der Waals surface area (Å²) < 4.78 is 0. The van der Waals surface area contributed by atoms with E-state index in [0.29, 0.717) is 6.04 Å². The summed E-state index contributed by atoms with van der Waals surface area (Å²) in [5, 5.41) is 7.24. The van der Waals surface area contributed by atoms with E-state index in [-0.39, 0.29) is 0 Å². The van der Waals surface area contributed by atoms with E-state index in [1.54, 1.807) is 0 Å². The Labute approximate surface area is 114 Å². The van der Waals surface area contributed by atoms with Crippen LogP contribution in [0, 0.1) is 11.8 Å². The molecule has 1 rings (SSSR count). The molecule has 0 heterocycles. The predicted molar refractivity (Wildman–Crippen MR) is 81.0 cm³/mol. The summed E-state index contributed by atoms with van der Waals surface area (Å²) in [6.07, 6.45) is 10.2. The molecule has 1 fully saturated rings. The van der Waals surface area contributed by atoms with Crippen LogP contribution in [0.25, 0.3) is 0 Å². The molecular weight excluding hydrogens is 220 g/mol. The standard InChI is InChI=1S/C16H34N2/c1-14(2)11-17-12-15(3)18-13-16-9-7-5-4-6-8-10-16/h14-18H,4-13H2,1-3H3. The van der Waals surface area contributed by atoms with E-state index in [4.69, 9.17) is 0 Å². The Balaban J connectivity index is 2.06. The van der Waals surface area contributed by atoms with Crippen LogP contribution in [-0.4, -0.2) is 25.7 Å². The van der Waals surface area contributed by atoms with Crippen molar-refractivity contribution in [3.63, 3.8) is 0 Å². The molecule has 0 aliphatic heterocycles. The Bertz CT molecular complexity index is 184. The fraction of sp³-hybridized carbons (Fsp3) is 1.00. The Hall–Kier alpha value is -0.0800. The first-order chi connectivity index (χ1) is 8.68. The highest BCUT2D eigenvalue weighted by Gasteiger charge is 2.12. The topological polar surface area (TPSA) is 24.1 Å². The average molecular weight is 254 g/mol. The second kappa shape index (κ2) is 9.80. The van der Waals surface area contributed by atoms with E-state index in [1.165, 1.54) is 51.5 Å². The van der Waals surface area contributed by atoms with Crippen LogP contribution < -0.4 is 10.6 Å². The van der Waals surface area contributed by atoms with Crippen LogP contribution in [0.1, 0.15) is 65.7 Å². The van der Waals surface area contributed by atoms with Crippen molar-refractivity contribution in [2.24, 2.45) is 11.8 Å². The van der Waals surface area contributed by atoms with Crippen LogP contribution >= 0.6 is 0 Å². The molecule has 2 nitrogen and oxygen atoms in total. The highest BCUT2D eigenvalue weighted by atomic mass is 15.0. The predicted octanol–water partition coefficient (Wildman–Crippen LogP) is 3.57. The lowest BCUT2D eigenvalue weighted by atomic mass is 9.91. The third-order valence-electron chi connectivity index (χ3n) is 3.98. The first-order valence-electron chi connectivity index (χ1n) is 8.12. The molecular formula is C16H34N2. The van der Waals surface area contributed by atoms with E-state index < -0.39 is 0 Å². The van der Waals surface area contributed by atoms with Gasteiger partial charge in [-0.3, -0.25) is 0 Å². The van der Waals surface area contributed by atoms with Gasteiger partial charge in [-0.25, -0.2) is 0 Å². The van der Waals surface area contributed by atoms with Crippen molar-refractivity contribution >= 4 is 0 Å². The van der Waals surface area contributed by atoms with Crippen molar-refractivity contribution in [1.82, 2.24) is 10.6 Å². The second-order valence-electron chi connectivity index (χ2n) is 6.57. The lowest BCUT2D eigenvalue weighted by molar-refractivity contribution is 0.343. The first kappa shape index (κ1) is 16.0. The molecule has 0 radical (unpaired) electrons. The van der Waals surface area contributed by atoms with Gasteiger partial charge < -0.3 is 10.6 Å². The van der Waals surface area contributed by atoms with Crippen LogP contribution in [-0.2, 0) is 0 Å². The molecule has 0 spiro atoms. The van der Waals surface area contributed by atoms with Crippen LogP contribution in [0.4, 0.5) is 0 Å². The first-order valence-corrected chi connectivity index (χ1v) is 8.12. The SMILES string of the molecule is CC(C)CNCC(C)NCC1CCCCCCC1. The van der Waals surface area contributed by atoms with Gasteiger partial charge in [0.2, 0.25) is 0 Å². The quantitative estimate of drug-likeness (QED) is 0.726. The summed E-state index contributed by atoms with van der Waals surface area (Å²) in [5.41, 5.74) is 0. The number of rotatable bonds is 7. The summed E-state index contributed by atoms with van der Waals surface area (Å²) >= 11 is 0. The van der Waals surface area contributed by atoms with Gasteiger partial charge >= 0.3 is 0 Å². The minimum Gasteiger partial charge on any atom is -0.315 e. The number of hydrogen-bond acceptors (Lipinski definition) is 2. The second-order valence-corrected chi connectivity index (χ2v) is 6.57. The molecule has 2 N–H and O–H groups in total. The van der Waals surface area contributed by atoms with Gasteiger partial charge in [-0.05, 0) is 44.7 Å². The number of hydrogen-bond donors (Lipinski definition) is 2. The third kappa shape index (κ3) is 8.10. The summed E-state index contributed by atoms with van der Waals surface area (Å²) in [5.74, 6) is 1.68. The molecule has 1 aliphatic carbocycles. The maximum Gasteiger partial charge on any atom is 0.0164 e. The van der Waals surface area contributed by atoms with Crippen LogP contribution in [0.3, 0.4) is 0 Å². The minimum absolute atomic E-state index is 0.606. The Kier molecular flexibility index (Phi) is 8.70. The van der Waals surface area contributed by atoms with E-state index >= 15 is 0 Å². The molecule has 0 amide bonds. The number of nitrogens with one attached hydrogen (secondary N) is 2. The lowest BCUT2D eigenvalue weighted by Gasteiger charge is -2.23. The van der Waals surface area contributed by atoms with Gasteiger partial charge in [-0.2, -0.15) is 0 Å². The van der Waals surface area contributed by atoms with Crippen molar-refractivity contribution in [3.8, 4) is 0 Å². The van der Waals surface area contributed by atoms with Crippen molar-refractivity contribution in [3.05, 3.63) is 0 Å². The highest BCUT2D eigenvalue weighted by molar-refractivity contribution is 4.70. The van der Waals surface area contributed by atoms with Gasteiger partial charge in [0.25, 0.3) is 0 Å². The minimum atomic E-state index is 0.606. The van der Waals surface area contributed by atoms with Crippen molar-refractivity contribution < 1.29 is 0 Å². The van der Waals surface area contributed by atoms with Crippen molar-refractivity contribution in [2.45, 2.75) is 71.8 Å². The van der Waals surface area contributed by atoms with Gasteiger partial charge in [0.1, 0.15) is 0 Å². The van der Waals surface area contributed by atoms with Crippen molar-refractivity contribution in [2.75, 3.05) is 19.6 Å². The molecule has 0 saturated heterocycles. The molecule has 0 bridgehead atoms. The summed E-state index contributed by atoms with van der Waals surface area (Å²) in [6, 6.07) is 0.606. The van der Waals surface area contributed by atoms with Gasteiger partial charge in [0.05, 0.1) is 0 Å². The Morgan fingerprint density at radius 3 is 2.11 bits per heavy atom. The fourth-order valence-corrected chi connectivity index (χ4v) is 2.77. The normalized spacial score (nSPS) is 20.7. The smallest absolute Gasteiger partial charge is 0.0164 e. The fourth-order valence-electron chi connectivity index (χ4n) is 2.77. The van der Waals surface area contributed by atoms with Crippen LogP contribution in [0.2, 0.25) is 0 Å². The van der Waals surface area contributed by atoms with Gasteiger partial charge in [0.15, 0.2) is 0 Å². The lowest BCUT2D eigenvalue weighted by Crippen LogP contribution is -2.39. The van der Waals surface area contributed by atoms with Crippen molar-refractivity contribution in [1.29, 1.82) is 0 Å². The van der Waals surface area contributed by atoms with E-state index in [0.717, 1.165) is 24.9 Å². The molecule has 108 valence electrons. The molecule has 1 unspecified atom stereocenters. The largest absolute Gasteiger partial charge is 0.315 e. The zero-order chi connectivity index (χ0) is 13.2. The average Bonchev–Trinajstić information content (AvgIpc) is 2.27. The molecule has 1 aliphatic rings. The van der Waals surface area contributed by atoms with Gasteiger partial charge in [0, 0.05) is 12.6 Å². The van der Waals surface area contributed by atoms with E-state index in [2.05, 4.69) is 31.4 Å². The van der Waals surface area contributed by atoms with E-state index in [9.17, 15) is 0 Å². The highest BCUT2D eigenvalue weighted by Crippen LogP contribution is 2.21. The Morgan fingerprint density at radius 2 is 1.50 bits per heavy atom. The molecule has 0 aromatic rings. The Morgan fingerprint density at radius 1 is 0.889 bits per heavy atom. The molecule has 1 saturated carbocycles.